The van der Waals surface area contributed by atoms with Crippen LogP contribution in [-0.4, -0.2) is 17.3 Å². The Balaban J connectivity index is 1.52. The average Bonchev–Trinajstić information content (AvgIpc) is 3.01. The summed E-state index contributed by atoms with van der Waals surface area (Å²) < 4.78 is 0. The smallest absolute Gasteiger partial charge is 0.223 e. The summed E-state index contributed by atoms with van der Waals surface area (Å²) in [5.41, 5.74) is 2.70. The summed E-state index contributed by atoms with van der Waals surface area (Å²) in [5.74, 6) is 1.00. The van der Waals surface area contributed by atoms with Crippen molar-refractivity contribution in [3.05, 3.63) is 35.4 Å². The minimum absolute atomic E-state index is 0.146. The van der Waals surface area contributed by atoms with E-state index in [1.807, 2.05) is 0 Å². The molecule has 2 aliphatic carbocycles. The molecule has 0 saturated heterocycles. The quantitative estimate of drug-likeness (QED) is 0.852. The van der Waals surface area contributed by atoms with Crippen molar-refractivity contribution in [2.24, 2.45) is 11.8 Å². The Kier molecular flexibility index (Phi) is 3.92. The van der Waals surface area contributed by atoms with Gasteiger partial charge in [-0.15, -0.1) is 0 Å². The summed E-state index contributed by atoms with van der Waals surface area (Å²) >= 11 is 3.71. The largest absolute Gasteiger partial charge is 0.356 e. The summed E-state index contributed by atoms with van der Waals surface area (Å²) in [6.45, 7) is 0.835. The first-order chi connectivity index (χ1) is 9.24. The van der Waals surface area contributed by atoms with Gasteiger partial charge < -0.3 is 5.32 Å². The lowest BCUT2D eigenvalue weighted by Gasteiger charge is -2.16. The van der Waals surface area contributed by atoms with Crippen LogP contribution in [0, 0.1) is 11.8 Å². The molecule has 0 heterocycles. The Morgan fingerprint density at radius 3 is 2.47 bits per heavy atom. The lowest BCUT2D eigenvalue weighted by atomic mass is 10.0. The summed E-state index contributed by atoms with van der Waals surface area (Å²) in [4.78, 5) is 12.8. The average molecular weight is 322 g/mol. The molecule has 2 unspecified atom stereocenters. The summed E-state index contributed by atoms with van der Waals surface area (Å²) in [6, 6.07) is 8.42. The number of carbonyl (C=O) groups excluding carboxylic acids is 1. The molecule has 2 aliphatic rings. The van der Waals surface area contributed by atoms with E-state index in [1.165, 1.54) is 30.4 Å². The van der Waals surface area contributed by atoms with Gasteiger partial charge in [0.25, 0.3) is 0 Å². The van der Waals surface area contributed by atoms with Crippen LogP contribution in [0.15, 0.2) is 24.3 Å². The molecule has 1 aromatic carbocycles. The molecule has 2 atom stereocenters. The predicted molar refractivity (Wildman–Crippen MR) is 80.4 cm³/mol. The Bertz CT molecular complexity index is 449. The highest BCUT2D eigenvalue weighted by Gasteiger charge is 2.29. The molecule has 0 radical (unpaired) electrons. The van der Waals surface area contributed by atoms with Gasteiger partial charge in [0.2, 0.25) is 5.91 Å². The lowest BCUT2D eigenvalue weighted by molar-refractivity contribution is -0.124. The fraction of sp³-hybridized carbons (Fsp3) is 0.562. The molecular weight excluding hydrogens is 302 g/mol. The fourth-order valence-electron chi connectivity index (χ4n) is 3.34. The molecule has 0 aliphatic heterocycles. The van der Waals surface area contributed by atoms with Crippen molar-refractivity contribution in [2.45, 2.75) is 36.9 Å². The SMILES string of the molecule is O=C(NCC1CCCC1Br)C1Cc2ccccc2C1. The highest BCUT2D eigenvalue weighted by molar-refractivity contribution is 9.09. The summed E-state index contributed by atoms with van der Waals surface area (Å²) in [6.07, 6.45) is 5.58. The third-order valence-corrected chi connectivity index (χ3v) is 5.73. The second-order valence-electron chi connectivity index (χ2n) is 5.83. The van der Waals surface area contributed by atoms with Crippen LogP contribution >= 0.6 is 15.9 Å². The van der Waals surface area contributed by atoms with E-state index < -0.39 is 0 Å². The van der Waals surface area contributed by atoms with Crippen LogP contribution in [0.2, 0.25) is 0 Å². The topological polar surface area (TPSA) is 29.1 Å². The molecule has 19 heavy (non-hydrogen) atoms. The molecule has 3 heteroatoms. The number of hydrogen-bond acceptors (Lipinski definition) is 1. The van der Waals surface area contributed by atoms with Crippen LogP contribution in [0.4, 0.5) is 0 Å². The maximum Gasteiger partial charge on any atom is 0.223 e. The van der Waals surface area contributed by atoms with E-state index in [-0.39, 0.29) is 11.8 Å². The van der Waals surface area contributed by atoms with E-state index >= 15 is 0 Å². The van der Waals surface area contributed by atoms with Crippen molar-refractivity contribution in [3.8, 4) is 0 Å². The number of benzene rings is 1. The van der Waals surface area contributed by atoms with Crippen LogP contribution in [-0.2, 0) is 17.6 Å². The first kappa shape index (κ1) is 13.2. The zero-order valence-corrected chi connectivity index (χ0v) is 12.7. The standard InChI is InChI=1S/C16H20BrNO/c17-15-7-3-6-13(15)10-18-16(19)14-8-11-4-1-2-5-12(11)9-14/h1-2,4-5,13-15H,3,6-10H2,(H,18,19). The molecular formula is C16H20BrNO. The van der Waals surface area contributed by atoms with Gasteiger partial charge >= 0.3 is 0 Å². The number of fused-ring (bicyclic) bond motifs is 1. The van der Waals surface area contributed by atoms with E-state index in [2.05, 4.69) is 45.5 Å². The van der Waals surface area contributed by atoms with E-state index in [0.29, 0.717) is 10.7 Å². The van der Waals surface area contributed by atoms with Gasteiger partial charge in [0.1, 0.15) is 0 Å². The minimum Gasteiger partial charge on any atom is -0.356 e. The van der Waals surface area contributed by atoms with E-state index in [1.54, 1.807) is 0 Å². The van der Waals surface area contributed by atoms with Gasteiger partial charge in [0.15, 0.2) is 0 Å². The molecule has 1 N–H and O–H groups in total. The van der Waals surface area contributed by atoms with Crippen molar-refractivity contribution in [1.29, 1.82) is 0 Å². The lowest BCUT2D eigenvalue weighted by Crippen LogP contribution is -2.35. The van der Waals surface area contributed by atoms with Gasteiger partial charge in [0, 0.05) is 17.3 Å². The Labute approximate surface area is 123 Å². The molecule has 1 amide bonds. The summed E-state index contributed by atoms with van der Waals surface area (Å²) in [7, 11) is 0. The van der Waals surface area contributed by atoms with Crippen LogP contribution in [0.5, 0.6) is 0 Å². The third-order valence-electron chi connectivity index (χ3n) is 4.53. The highest BCUT2D eigenvalue weighted by Crippen LogP contribution is 2.31. The Morgan fingerprint density at radius 2 is 1.89 bits per heavy atom. The van der Waals surface area contributed by atoms with Crippen LogP contribution in [0.1, 0.15) is 30.4 Å². The van der Waals surface area contributed by atoms with Gasteiger partial charge in [-0.3, -0.25) is 4.79 Å². The molecule has 2 nitrogen and oxygen atoms in total. The predicted octanol–water partition coefficient (Wildman–Crippen LogP) is 3.08. The Morgan fingerprint density at radius 1 is 1.21 bits per heavy atom. The first-order valence-electron chi connectivity index (χ1n) is 7.22. The molecule has 1 fully saturated rings. The van der Waals surface area contributed by atoms with E-state index in [9.17, 15) is 4.79 Å². The van der Waals surface area contributed by atoms with Gasteiger partial charge in [-0.05, 0) is 42.7 Å². The van der Waals surface area contributed by atoms with Crippen LogP contribution < -0.4 is 5.32 Å². The van der Waals surface area contributed by atoms with Crippen molar-refractivity contribution >= 4 is 21.8 Å². The van der Waals surface area contributed by atoms with Gasteiger partial charge in [-0.25, -0.2) is 0 Å². The highest BCUT2D eigenvalue weighted by atomic mass is 79.9. The molecule has 0 bridgehead atoms. The number of alkyl halides is 1. The van der Waals surface area contributed by atoms with Crippen molar-refractivity contribution in [1.82, 2.24) is 5.32 Å². The number of carbonyl (C=O) groups is 1. The Hall–Kier alpha value is -0.830. The number of nitrogens with one attached hydrogen (secondary N) is 1. The van der Waals surface area contributed by atoms with Crippen molar-refractivity contribution < 1.29 is 4.79 Å². The zero-order chi connectivity index (χ0) is 13.2. The molecule has 1 saturated carbocycles. The number of rotatable bonds is 3. The fourth-order valence-corrected chi connectivity index (χ4v) is 4.12. The van der Waals surface area contributed by atoms with Crippen LogP contribution in [0.25, 0.3) is 0 Å². The van der Waals surface area contributed by atoms with Crippen molar-refractivity contribution in [3.63, 3.8) is 0 Å². The normalized spacial score (nSPS) is 26.4. The van der Waals surface area contributed by atoms with Crippen molar-refractivity contribution in [2.75, 3.05) is 6.54 Å². The number of hydrogen-bond donors (Lipinski definition) is 1. The number of amides is 1. The van der Waals surface area contributed by atoms with Gasteiger partial charge in [0.05, 0.1) is 0 Å². The molecule has 0 aromatic heterocycles. The monoisotopic (exact) mass is 321 g/mol. The zero-order valence-electron chi connectivity index (χ0n) is 11.1. The van der Waals surface area contributed by atoms with Crippen LogP contribution in [0.3, 0.4) is 0 Å². The third kappa shape index (κ3) is 2.86. The summed E-state index contributed by atoms with van der Waals surface area (Å²) in [5, 5.41) is 3.16. The second-order valence-corrected chi connectivity index (χ2v) is 7.00. The minimum atomic E-state index is 0.146. The number of halogens is 1. The second kappa shape index (κ2) is 5.66. The molecule has 102 valence electrons. The van der Waals surface area contributed by atoms with Gasteiger partial charge in [-0.2, -0.15) is 0 Å². The maximum atomic E-state index is 12.3. The maximum absolute atomic E-state index is 12.3. The molecule has 1 aromatic rings. The van der Waals surface area contributed by atoms with Gasteiger partial charge in [-0.1, -0.05) is 46.6 Å². The molecule has 0 spiro atoms. The first-order valence-corrected chi connectivity index (χ1v) is 8.14. The molecule has 3 rings (SSSR count). The van der Waals surface area contributed by atoms with E-state index in [4.69, 9.17) is 0 Å². The van der Waals surface area contributed by atoms with E-state index in [0.717, 1.165) is 19.4 Å².